The minimum atomic E-state index is -0.990. The first-order valence-electron chi connectivity index (χ1n) is 5.23. The van der Waals surface area contributed by atoms with Crippen molar-refractivity contribution < 1.29 is 19.8 Å². The summed E-state index contributed by atoms with van der Waals surface area (Å²) < 4.78 is 0. The molecule has 0 spiro atoms. The van der Waals surface area contributed by atoms with Crippen LogP contribution in [0.5, 0.6) is 0 Å². The Labute approximate surface area is 99.9 Å². The largest absolute Gasteiger partial charge is 0.480 e. The van der Waals surface area contributed by atoms with Crippen molar-refractivity contribution in [1.29, 1.82) is 0 Å². The van der Waals surface area contributed by atoms with Crippen molar-refractivity contribution in [3.05, 3.63) is 0 Å². The second-order valence-electron chi connectivity index (χ2n) is 3.40. The molecule has 1 unspecified atom stereocenters. The van der Waals surface area contributed by atoms with Crippen molar-refractivity contribution in [3.8, 4) is 0 Å². The first-order valence-corrected chi connectivity index (χ1v) is 5.23. The predicted molar refractivity (Wildman–Crippen MR) is 63.2 cm³/mol. The van der Waals surface area contributed by atoms with Crippen molar-refractivity contribution in [1.82, 2.24) is 0 Å². The summed E-state index contributed by atoms with van der Waals surface area (Å²) in [6.07, 6.45) is 1.48. The lowest BCUT2D eigenvalue weighted by Crippen LogP contribution is -2.32. The molecule has 0 saturated heterocycles. The van der Waals surface area contributed by atoms with Crippen molar-refractivity contribution >= 4 is 11.9 Å². The average molecular weight is 250 g/mol. The van der Waals surface area contributed by atoms with E-state index in [4.69, 9.17) is 33.1 Å². The molecule has 8 nitrogen and oxygen atoms in total. The minimum Gasteiger partial charge on any atom is -0.480 e. The Hall–Kier alpha value is -1.22. The van der Waals surface area contributed by atoms with Crippen LogP contribution in [-0.4, -0.2) is 47.3 Å². The number of carbonyl (C=O) groups is 2. The fourth-order valence-corrected chi connectivity index (χ4v) is 0.764. The second-order valence-corrected chi connectivity index (χ2v) is 3.40. The van der Waals surface area contributed by atoms with Crippen LogP contribution in [0.25, 0.3) is 0 Å². The van der Waals surface area contributed by atoms with Crippen molar-refractivity contribution in [2.45, 2.75) is 31.3 Å². The summed E-state index contributed by atoms with van der Waals surface area (Å²) in [5.74, 6) is -1.95. The van der Waals surface area contributed by atoms with Gasteiger partial charge in [-0.2, -0.15) is 0 Å². The van der Waals surface area contributed by atoms with Gasteiger partial charge in [0.05, 0.1) is 0 Å². The summed E-state index contributed by atoms with van der Waals surface area (Å²) in [5.41, 5.74) is 20.3. The van der Waals surface area contributed by atoms with Gasteiger partial charge in [-0.15, -0.1) is 0 Å². The molecule has 0 fully saturated rings. The van der Waals surface area contributed by atoms with Crippen LogP contribution >= 0.6 is 0 Å². The molecule has 102 valence electrons. The van der Waals surface area contributed by atoms with Crippen LogP contribution in [0.15, 0.2) is 0 Å². The van der Waals surface area contributed by atoms with E-state index in [1.807, 2.05) is 0 Å². The Morgan fingerprint density at radius 2 is 1.29 bits per heavy atom. The van der Waals surface area contributed by atoms with Crippen LogP contribution in [-0.2, 0) is 9.59 Å². The lowest BCUT2D eigenvalue weighted by molar-refractivity contribution is -0.139. The van der Waals surface area contributed by atoms with Crippen LogP contribution in [0.1, 0.15) is 19.3 Å². The third kappa shape index (κ3) is 12.7. The standard InChI is InChI=1S/C5H12N2O2.C4H10N2O2/c6-3-1-2-4(7)5(8)9;5-2-1-3(6)4(7)8/h4H,1-3,6-7H2,(H,8,9);3H,1-2,5-6H2,(H,7,8)/t4-;/m0./s1. The Balaban J connectivity index is 0. The van der Waals surface area contributed by atoms with Crippen molar-refractivity contribution in [2.24, 2.45) is 22.9 Å². The van der Waals surface area contributed by atoms with Gasteiger partial charge in [-0.05, 0) is 32.4 Å². The molecule has 0 aromatic carbocycles. The lowest BCUT2D eigenvalue weighted by Gasteiger charge is -2.02. The number of hydrogen-bond donors (Lipinski definition) is 6. The Morgan fingerprint density at radius 3 is 1.53 bits per heavy atom. The Morgan fingerprint density at radius 1 is 0.882 bits per heavy atom. The van der Waals surface area contributed by atoms with E-state index in [9.17, 15) is 9.59 Å². The highest BCUT2D eigenvalue weighted by molar-refractivity contribution is 5.73. The van der Waals surface area contributed by atoms with Crippen LogP contribution in [0.4, 0.5) is 0 Å². The molecular formula is C9H22N4O4. The summed E-state index contributed by atoms with van der Waals surface area (Å²) in [6, 6.07) is -1.53. The van der Waals surface area contributed by atoms with E-state index in [1.54, 1.807) is 0 Å². The minimum absolute atomic E-state index is 0.327. The summed E-state index contributed by atoms with van der Waals surface area (Å²) >= 11 is 0. The average Bonchev–Trinajstić information content (AvgIpc) is 2.26. The van der Waals surface area contributed by atoms with Gasteiger partial charge in [0.1, 0.15) is 12.1 Å². The van der Waals surface area contributed by atoms with Crippen LogP contribution < -0.4 is 22.9 Å². The number of aliphatic carboxylic acids is 2. The molecule has 8 heteroatoms. The maximum absolute atomic E-state index is 10.0. The van der Waals surface area contributed by atoms with Crippen LogP contribution in [0.2, 0.25) is 0 Å². The molecule has 0 radical (unpaired) electrons. The van der Waals surface area contributed by atoms with E-state index in [1.165, 1.54) is 0 Å². The summed E-state index contributed by atoms with van der Waals surface area (Å²) in [7, 11) is 0. The maximum Gasteiger partial charge on any atom is 0.320 e. The fraction of sp³-hybridized carbons (Fsp3) is 0.778. The number of nitrogens with two attached hydrogens (primary N) is 4. The van der Waals surface area contributed by atoms with Gasteiger partial charge in [0, 0.05) is 0 Å². The molecule has 0 heterocycles. The van der Waals surface area contributed by atoms with Gasteiger partial charge in [-0.3, -0.25) is 9.59 Å². The molecule has 0 bridgehead atoms. The van der Waals surface area contributed by atoms with Gasteiger partial charge >= 0.3 is 11.9 Å². The molecule has 0 aliphatic carbocycles. The van der Waals surface area contributed by atoms with E-state index in [2.05, 4.69) is 0 Å². The SMILES string of the molecule is NCCC(N)C(=O)O.NCCC[C@H](N)C(=O)O. The molecular weight excluding hydrogens is 228 g/mol. The van der Waals surface area contributed by atoms with Gasteiger partial charge < -0.3 is 33.1 Å². The van der Waals surface area contributed by atoms with E-state index in [0.717, 1.165) is 0 Å². The zero-order chi connectivity index (χ0) is 13.8. The van der Waals surface area contributed by atoms with Gasteiger partial charge in [-0.25, -0.2) is 0 Å². The number of carboxylic acids is 2. The molecule has 0 rings (SSSR count). The predicted octanol–water partition coefficient (Wildman–Crippen LogP) is -2.12. The molecule has 0 aromatic heterocycles. The number of rotatable bonds is 7. The van der Waals surface area contributed by atoms with Crippen LogP contribution in [0, 0.1) is 0 Å². The third-order valence-electron chi connectivity index (χ3n) is 1.83. The fourth-order valence-electron chi connectivity index (χ4n) is 0.764. The molecule has 0 aromatic rings. The zero-order valence-corrected chi connectivity index (χ0v) is 9.71. The van der Waals surface area contributed by atoms with E-state index in [0.29, 0.717) is 32.4 Å². The topological polar surface area (TPSA) is 179 Å². The monoisotopic (exact) mass is 250 g/mol. The second kappa shape index (κ2) is 11.3. The highest BCUT2D eigenvalue weighted by atomic mass is 16.4. The van der Waals surface area contributed by atoms with Gasteiger partial charge in [0.2, 0.25) is 0 Å². The molecule has 0 saturated carbocycles. The molecule has 2 atom stereocenters. The summed E-state index contributed by atoms with van der Waals surface area (Å²) in [5, 5.41) is 16.4. The van der Waals surface area contributed by atoms with Gasteiger partial charge in [0.15, 0.2) is 0 Å². The van der Waals surface area contributed by atoms with Gasteiger partial charge in [-0.1, -0.05) is 0 Å². The molecule has 0 aliphatic heterocycles. The van der Waals surface area contributed by atoms with E-state index in [-0.39, 0.29) is 0 Å². The summed E-state index contributed by atoms with van der Waals surface area (Å²) in [6.45, 7) is 0.828. The van der Waals surface area contributed by atoms with Crippen LogP contribution in [0.3, 0.4) is 0 Å². The molecule has 0 aliphatic rings. The molecule has 0 amide bonds. The first kappa shape index (κ1) is 18.2. The smallest absolute Gasteiger partial charge is 0.320 e. The maximum atomic E-state index is 10.0. The molecule has 10 N–H and O–H groups in total. The Bertz CT molecular complexity index is 225. The van der Waals surface area contributed by atoms with Gasteiger partial charge in [0.25, 0.3) is 0 Å². The highest BCUT2D eigenvalue weighted by Crippen LogP contribution is 1.91. The third-order valence-corrected chi connectivity index (χ3v) is 1.83. The lowest BCUT2D eigenvalue weighted by atomic mass is 10.2. The van der Waals surface area contributed by atoms with E-state index < -0.39 is 24.0 Å². The zero-order valence-electron chi connectivity index (χ0n) is 9.71. The highest BCUT2D eigenvalue weighted by Gasteiger charge is 2.09. The van der Waals surface area contributed by atoms with Crippen molar-refractivity contribution in [3.63, 3.8) is 0 Å². The quantitative estimate of drug-likeness (QED) is 0.297. The Kier molecular flexibility index (Phi) is 12.0. The normalized spacial score (nSPS) is 13.2. The number of hydrogen-bond acceptors (Lipinski definition) is 6. The summed E-state index contributed by atoms with van der Waals surface area (Å²) in [4.78, 5) is 19.9. The molecule has 17 heavy (non-hydrogen) atoms. The first-order chi connectivity index (χ1) is 7.86. The van der Waals surface area contributed by atoms with E-state index >= 15 is 0 Å². The number of carboxylic acid groups (broad SMARTS) is 2. The van der Waals surface area contributed by atoms with Crippen molar-refractivity contribution in [2.75, 3.05) is 13.1 Å².